The number of methoxy groups -OCH3 is 1. The Hall–Kier alpha value is -5.71. The predicted molar refractivity (Wildman–Crippen MR) is 165 cm³/mol. The zero-order valence-electron chi connectivity index (χ0n) is 23.8. The van der Waals surface area contributed by atoms with Crippen LogP contribution in [-0.4, -0.2) is 45.9 Å². The first-order valence-corrected chi connectivity index (χ1v) is 13.5. The minimum atomic E-state index is -0.508. The van der Waals surface area contributed by atoms with E-state index in [2.05, 4.69) is 10.3 Å². The third kappa shape index (κ3) is 6.62. The first-order chi connectivity index (χ1) is 20.8. The molecule has 1 amide bonds. The van der Waals surface area contributed by atoms with Gasteiger partial charge in [0.15, 0.2) is 11.5 Å². The number of hydrogen-bond acceptors (Lipinski definition) is 8. The molecule has 5 rings (SSSR count). The molecule has 5 aromatic rings. The molecule has 0 bridgehead atoms. The number of hydrogen-bond donors (Lipinski definition) is 3. The number of amidine groups is 1. The third-order valence-corrected chi connectivity index (χ3v) is 6.87. The van der Waals surface area contributed by atoms with E-state index in [1.807, 2.05) is 29.8 Å². The molecule has 43 heavy (non-hydrogen) atoms. The molecule has 0 aliphatic rings. The average molecular weight is 578 g/mol. The Morgan fingerprint density at radius 3 is 2.40 bits per heavy atom. The van der Waals surface area contributed by atoms with Crippen LogP contribution in [0.15, 0.2) is 91.1 Å². The van der Waals surface area contributed by atoms with Crippen molar-refractivity contribution in [3.63, 3.8) is 0 Å². The lowest BCUT2D eigenvalue weighted by Gasteiger charge is -2.21. The van der Waals surface area contributed by atoms with Crippen LogP contribution in [0.5, 0.6) is 11.5 Å². The molecule has 0 saturated carbocycles. The Balaban J connectivity index is 1.32. The lowest BCUT2D eigenvalue weighted by Crippen LogP contribution is -2.34. The highest BCUT2D eigenvalue weighted by molar-refractivity contribution is 6.07. The van der Waals surface area contributed by atoms with E-state index in [1.165, 1.54) is 12.0 Å². The van der Waals surface area contributed by atoms with Crippen LogP contribution in [0.4, 0.5) is 11.5 Å². The number of ether oxygens (including phenoxy) is 2. The Labute approximate surface area is 248 Å². The quantitative estimate of drug-likeness (QED) is 0.0898. The van der Waals surface area contributed by atoms with Crippen molar-refractivity contribution in [3.05, 3.63) is 108 Å². The normalized spacial score (nSPS) is 10.7. The van der Waals surface area contributed by atoms with Gasteiger partial charge in [-0.15, -0.1) is 0 Å². The Morgan fingerprint density at radius 1 is 0.977 bits per heavy atom. The molecular formula is C32H31N7O4. The Morgan fingerprint density at radius 2 is 1.70 bits per heavy atom. The van der Waals surface area contributed by atoms with E-state index >= 15 is 0 Å². The summed E-state index contributed by atoms with van der Waals surface area (Å²) in [6, 6.07) is 24.8. The maximum Gasteiger partial charge on any atom is 0.313 e. The number of nitrogens with zero attached hydrogens (tertiary/aromatic N) is 4. The van der Waals surface area contributed by atoms with Gasteiger partial charge in [-0.25, -0.2) is 9.97 Å². The second kappa shape index (κ2) is 12.9. The first kappa shape index (κ1) is 28.8. The van der Waals surface area contributed by atoms with Gasteiger partial charge in [-0.3, -0.25) is 19.9 Å². The van der Waals surface area contributed by atoms with E-state index in [4.69, 9.17) is 25.6 Å². The van der Waals surface area contributed by atoms with Crippen LogP contribution in [0.25, 0.3) is 11.0 Å². The second-order valence-corrected chi connectivity index (χ2v) is 9.65. The van der Waals surface area contributed by atoms with Crippen LogP contribution in [-0.2, 0) is 18.4 Å². The molecule has 0 aliphatic heterocycles. The highest BCUT2D eigenvalue weighted by atomic mass is 16.6. The summed E-state index contributed by atoms with van der Waals surface area (Å²) in [6.45, 7) is 0.504. The molecule has 0 fully saturated rings. The standard InChI is InChI=1S/C32H31N7O4/c1-38-25-15-12-22(19-24(25)37-29(38)20-36-23-13-10-21(11-14-23)31(33)34)32(41)39(28-9-5-6-17-35-28)18-16-30(40)43-27-8-4-3-7-26(27)42-2/h3-15,17,19,36H,16,18,20H2,1-2H3,(H3,33,34). The molecule has 0 atom stereocenters. The number of aryl methyl sites for hydroxylation is 1. The van der Waals surface area contributed by atoms with Gasteiger partial charge in [0.2, 0.25) is 0 Å². The van der Waals surface area contributed by atoms with Crippen molar-refractivity contribution in [2.75, 3.05) is 23.9 Å². The van der Waals surface area contributed by atoms with Gasteiger partial charge in [0.05, 0.1) is 31.1 Å². The van der Waals surface area contributed by atoms with E-state index < -0.39 is 5.97 Å². The van der Waals surface area contributed by atoms with Gasteiger partial charge in [-0.2, -0.15) is 0 Å². The highest BCUT2D eigenvalue weighted by Crippen LogP contribution is 2.26. The number of rotatable bonds is 11. The van der Waals surface area contributed by atoms with Crippen molar-refractivity contribution in [3.8, 4) is 11.5 Å². The monoisotopic (exact) mass is 577 g/mol. The van der Waals surface area contributed by atoms with Crippen LogP contribution in [0, 0.1) is 5.41 Å². The minimum Gasteiger partial charge on any atom is -0.493 e. The number of carbonyl (C=O) groups is 2. The SMILES string of the molecule is COc1ccccc1OC(=O)CCN(C(=O)c1ccc2c(c1)nc(CNc1ccc(C(=N)N)cc1)n2C)c1ccccn1. The predicted octanol–water partition coefficient (Wildman–Crippen LogP) is 4.52. The van der Waals surface area contributed by atoms with E-state index in [1.54, 1.807) is 72.9 Å². The van der Waals surface area contributed by atoms with Gasteiger partial charge >= 0.3 is 5.97 Å². The van der Waals surface area contributed by atoms with Crippen molar-refractivity contribution in [1.82, 2.24) is 14.5 Å². The van der Waals surface area contributed by atoms with Gasteiger partial charge in [-0.05, 0) is 66.7 Å². The van der Waals surface area contributed by atoms with E-state index in [-0.39, 0.29) is 24.7 Å². The fourth-order valence-corrected chi connectivity index (χ4v) is 4.56. The summed E-state index contributed by atoms with van der Waals surface area (Å²) in [4.78, 5) is 37.1. The van der Waals surface area contributed by atoms with Crippen LogP contribution in [0.2, 0.25) is 0 Å². The van der Waals surface area contributed by atoms with Gasteiger partial charge in [0, 0.05) is 36.6 Å². The average Bonchev–Trinajstić information content (AvgIpc) is 3.35. The number of carbonyl (C=O) groups excluding carboxylic acids is 2. The number of nitrogens with two attached hydrogens (primary N) is 1. The highest BCUT2D eigenvalue weighted by Gasteiger charge is 2.22. The molecule has 0 radical (unpaired) electrons. The van der Waals surface area contributed by atoms with Crippen molar-refractivity contribution in [2.24, 2.45) is 12.8 Å². The lowest BCUT2D eigenvalue weighted by molar-refractivity contribution is -0.134. The maximum atomic E-state index is 13.8. The number of benzene rings is 3. The van der Waals surface area contributed by atoms with E-state index in [0.29, 0.717) is 40.5 Å². The number of amides is 1. The summed E-state index contributed by atoms with van der Waals surface area (Å²) in [7, 11) is 3.42. The third-order valence-electron chi connectivity index (χ3n) is 6.87. The van der Waals surface area contributed by atoms with Crippen LogP contribution in [0.3, 0.4) is 0 Å². The summed E-state index contributed by atoms with van der Waals surface area (Å²) in [5.41, 5.74) is 8.99. The summed E-state index contributed by atoms with van der Waals surface area (Å²) in [5, 5.41) is 10.9. The Bertz CT molecular complexity index is 1770. The number of imidazole rings is 1. The van der Waals surface area contributed by atoms with Gasteiger partial charge in [-0.1, -0.05) is 18.2 Å². The topological polar surface area (TPSA) is 148 Å². The summed E-state index contributed by atoms with van der Waals surface area (Å²) in [6.07, 6.45) is 1.53. The molecule has 218 valence electrons. The number of para-hydroxylation sites is 2. The van der Waals surface area contributed by atoms with Crippen molar-refractivity contribution < 1.29 is 19.1 Å². The van der Waals surface area contributed by atoms with Crippen LogP contribution in [0.1, 0.15) is 28.2 Å². The summed E-state index contributed by atoms with van der Waals surface area (Å²) in [5.74, 6) is 1.13. The fraction of sp³-hybridized carbons (Fsp3) is 0.156. The Kier molecular flexibility index (Phi) is 8.61. The summed E-state index contributed by atoms with van der Waals surface area (Å²) >= 11 is 0. The molecule has 2 heterocycles. The zero-order valence-corrected chi connectivity index (χ0v) is 23.8. The molecule has 3 aromatic carbocycles. The van der Waals surface area contributed by atoms with Gasteiger partial charge < -0.3 is 25.1 Å². The smallest absolute Gasteiger partial charge is 0.313 e. The number of nitrogens with one attached hydrogen (secondary N) is 2. The van der Waals surface area contributed by atoms with Gasteiger partial charge in [0.25, 0.3) is 5.91 Å². The molecule has 2 aromatic heterocycles. The molecular weight excluding hydrogens is 546 g/mol. The van der Waals surface area contributed by atoms with Crippen LogP contribution < -0.4 is 25.4 Å². The van der Waals surface area contributed by atoms with Gasteiger partial charge in [0.1, 0.15) is 17.5 Å². The van der Waals surface area contributed by atoms with Crippen molar-refractivity contribution in [1.29, 1.82) is 5.41 Å². The lowest BCUT2D eigenvalue weighted by atomic mass is 10.1. The molecule has 0 aliphatic carbocycles. The number of anilines is 2. The largest absolute Gasteiger partial charge is 0.493 e. The fourth-order valence-electron chi connectivity index (χ4n) is 4.56. The molecule has 4 N–H and O–H groups in total. The number of aromatic nitrogens is 3. The molecule has 11 heteroatoms. The molecule has 0 unspecified atom stereocenters. The van der Waals surface area contributed by atoms with Crippen LogP contribution >= 0.6 is 0 Å². The second-order valence-electron chi connectivity index (χ2n) is 9.65. The van der Waals surface area contributed by atoms with E-state index in [0.717, 1.165) is 17.0 Å². The van der Waals surface area contributed by atoms with Crippen molar-refractivity contribution in [2.45, 2.75) is 13.0 Å². The minimum absolute atomic E-state index is 0.0154. The summed E-state index contributed by atoms with van der Waals surface area (Å²) < 4.78 is 12.7. The molecule has 0 saturated heterocycles. The first-order valence-electron chi connectivity index (χ1n) is 13.5. The van der Waals surface area contributed by atoms with E-state index in [9.17, 15) is 9.59 Å². The zero-order chi connectivity index (χ0) is 30.3. The molecule has 0 spiro atoms. The van der Waals surface area contributed by atoms with Crippen molar-refractivity contribution >= 4 is 40.3 Å². The number of fused-ring (bicyclic) bond motifs is 1. The maximum absolute atomic E-state index is 13.8. The number of nitrogen functional groups attached to an aromatic ring is 1. The number of esters is 1. The molecule has 11 nitrogen and oxygen atoms in total. The number of pyridine rings is 1.